The maximum absolute atomic E-state index is 12.7. The smallest absolute Gasteiger partial charge is 0.336 e. The maximum atomic E-state index is 12.7. The van der Waals surface area contributed by atoms with Crippen molar-refractivity contribution >= 4 is 39.3 Å². The SMILES string of the molecule is Nc1c(CC(=O)ONC(=O)c2cccnc2)cccc1C(=O)c1ccc(Br)cc1. The van der Waals surface area contributed by atoms with E-state index in [1.165, 1.54) is 18.5 Å². The Morgan fingerprint density at radius 1 is 1.00 bits per heavy atom. The molecule has 1 amide bonds. The van der Waals surface area contributed by atoms with E-state index >= 15 is 0 Å². The minimum atomic E-state index is -0.720. The van der Waals surface area contributed by atoms with E-state index in [0.717, 1.165) is 4.47 Å². The molecule has 146 valence electrons. The molecule has 29 heavy (non-hydrogen) atoms. The molecule has 0 radical (unpaired) electrons. The summed E-state index contributed by atoms with van der Waals surface area (Å²) in [7, 11) is 0. The summed E-state index contributed by atoms with van der Waals surface area (Å²) in [5.41, 5.74) is 9.81. The number of anilines is 1. The van der Waals surface area contributed by atoms with Crippen molar-refractivity contribution in [1.29, 1.82) is 0 Å². The Hall–Kier alpha value is -3.52. The minimum Gasteiger partial charge on any atom is -0.398 e. The van der Waals surface area contributed by atoms with Crippen molar-refractivity contribution in [2.75, 3.05) is 5.73 Å². The number of rotatable bonds is 5. The van der Waals surface area contributed by atoms with E-state index in [9.17, 15) is 14.4 Å². The fourth-order valence-electron chi connectivity index (χ4n) is 2.57. The number of carbonyl (C=O) groups is 3. The van der Waals surface area contributed by atoms with Gasteiger partial charge >= 0.3 is 5.97 Å². The molecule has 2 aromatic carbocycles. The summed E-state index contributed by atoms with van der Waals surface area (Å²) >= 11 is 3.32. The fraction of sp³-hybridized carbons (Fsp3) is 0.0476. The second-order valence-corrected chi connectivity index (χ2v) is 6.95. The molecule has 0 fully saturated rings. The van der Waals surface area contributed by atoms with Crippen LogP contribution in [0.5, 0.6) is 0 Å². The highest BCUT2D eigenvalue weighted by Crippen LogP contribution is 2.22. The predicted octanol–water partition coefficient (Wildman–Crippen LogP) is 3.09. The molecule has 0 spiro atoms. The van der Waals surface area contributed by atoms with Crippen molar-refractivity contribution in [3.05, 3.63) is 93.7 Å². The van der Waals surface area contributed by atoms with Crippen LogP contribution in [0.15, 0.2) is 71.5 Å². The molecule has 1 aromatic heterocycles. The number of pyridine rings is 1. The second kappa shape index (κ2) is 9.11. The summed E-state index contributed by atoms with van der Waals surface area (Å²) in [6.07, 6.45) is 2.66. The zero-order valence-corrected chi connectivity index (χ0v) is 16.7. The van der Waals surface area contributed by atoms with E-state index in [4.69, 9.17) is 10.6 Å². The highest BCUT2D eigenvalue weighted by molar-refractivity contribution is 9.10. The van der Waals surface area contributed by atoms with Gasteiger partial charge in [-0.25, -0.2) is 4.79 Å². The van der Waals surface area contributed by atoms with Crippen molar-refractivity contribution < 1.29 is 19.2 Å². The van der Waals surface area contributed by atoms with Crippen molar-refractivity contribution in [2.24, 2.45) is 0 Å². The van der Waals surface area contributed by atoms with Crippen LogP contribution in [-0.4, -0.2) is 22.6 Å². The number of nitrogens with two attached hydrogens (primary N) is 1. The van der Waals surface area contributed by atoms with Gasteiger partial charge < -0.3 is 10.6 Å². The van der Waals surface area contributed by atoms with E-state index in [1.54, 1.807) is 48.5 Å². The molecule has 1 heterocycles. The predicted molar refractivity (Wildman–Crippen MR) is 110 cm³/mol. The number of carbonyl (C=O) groups excluding carboxylic acids is 3. The molecule has 3 N–H and O–H groups in total. The van der Waals surface area contributed by atoms with Gasteiger partial charge in [0.15, 0.2) is 5.78 Å². The molecule has 0 unspecified atom stereocenters. The van der Waals surface area contributed by atoms with Crippen LogP contribution in [0.2, 0.25) is 0 Å². The topological polar surface area (TPSA) is 111 Å². The lowest BCUT2D eigenvalue weighted by Crippen LogP contribution is -2.28. The van der Waals surface area contributed by atoms with Crippen LogP contribution < -0.4 is 11.2 Å². The third-order valence-corrected chi connectivity index (χ3v) is 4.59. The number of para-hydroxylation sites is 1. The summed E-state index contributed by atoms with van der Waals surface area (Å²) in [4.78, 5) is 45.3. The lowest BCUT2D eigenvalue weighted by atomic mass is 9.98. The molecular weight excluding hydrogens is 438 g/mol. The minimum absolute atomic E-state index is 0.191. The van der Waals surface area contributed by atoms with E-state index < -0.39 is 11.9 Å². The Morgan fingerprint density at radius 2 is 1.76 bits per heavy atom. The Morgan fingerprint density at radius 3 is 2.45 bits per heavy atom. The number of hydrogen-bond acceptors (Lipinski definition) is 6. The van der Waals surface area contributed by atoms with Gasteiger partial charge in [0.1, 0.15) is 0 Å². The molecule has 0 saturated heterocycles. The van der Waals surface area contributed by atoms with Gasteiger partial charge in [0, 0.05) is 33.7 Å². The second-order valence-electron chi connectivity index (χ2n) is 6.04. The summed E-state index contributed by atoms with van der Waals surface area (Å²) in [6.45, 7) is 0. The van der Waals surface area contributed by atoms with Crippen LogP contribution in [-0.2, 0) is 16.1 Å². The number of halogens is 1. The summed E-state index contributed by atoms with van der Waals surface area (Å²) in [6, 6.07) is 14.9. The molecule has 7 nitrogen and oxygen atoms in total. The third kappa shape index (κ3) is 5.05. The van der Waals surface area contributed by atoms with Crippen molar-refractivity contribution in [1.82, 2.24) is 10.5 Å². The molecule has 0 aliphatic carbocycles. The third-order valence-electron chi connectivity index (χ3n) is 4.06. The molecule has 3 rings (SSSR count). The first-order valence-corrected chi connectivity index (χ1v) is 9.32. The number of nitrogens with zero attached hydrogens (tertiary/aromatic N) is 1. The van der Waals surface area contributed by atoms with Crippen LogP contribution in [0.25, 0.3) is 0 Å². The van der Waals surface area contributed by atoms with Gasteiger partial charge in [0.05, 0.1) is 12.0 Å². The largest absolute Gasteiger partial charge is 0.398 e. The number of nitrogens with one attached hydrogen (secondary N) is 1. The molecule has 0 saturated carbocycles. The molecule has 0 atom stereocenters. The Balaban J connectivity index is 1.67. The number of ketones is 1. The van der Waals surface area contributed by atoms with Gasteiger partial charge in [0.25, 0.3) is 5.91 Å². The molecule has 3 aromatic rings. The molecular formula is C21H16BrN3O4. The first-order chi connectivity index (χ1) is 14.0. The van der Waals surface area contributed by atoms with Gasteiger partial charge in [-0.3, -0.25) is 14.6 Å². The lowest BCUT2D eigenvalue weighted by molar-refractivity contribution is -0.148. The van der Waals surface area contributed by atoms with Gasteiger partial charge in [-0.2, -0.15) is 5.48 Å². The van der Waals surface area contributed by atoms with Crippen molar-refractivity contribution in [2.45, 2.75) is 6.42 Å². The summed E-state index contributed by atoms with van der Waals surface area (Å²) < 4.78 is 0.854. The van der Waals surface area contributed by atoms with Crippen LogP contribution in [0.1, 0.15) is 31.8 Å². The quantitative estimate of drug-likeness (QED) is 0.348. The van der Waals surface area contributed by atoms with Gasteiger partial charge in [-0.1, -0.05) is 28.1 Å². The Kier molecular flexibility index (Phi) is 6.36. The Bertz CT molecular complexity index is 1050. The highest BCUT2D eigenvalue weighted by Gasteiger charge is 2.17. The zero-order valence-electron chi connectivity index (χ0n) is 15.1. The van der Waals surface area contributed by atoms with Crippen LogP contribution in [0.4, 0.5) is 5.69 Å². The standard InChI is InChI=1S/C21H16BrN3O4/c22-16-8-6-13(7-9-16)20(27)17-5-1-3-14(19(17)23)11-18(26)29-25-21(28)15-4-2-10-24-12-15/h1-10,12H,11,23H2,(H,25,28). The number of hydrogen-bond donors (Lipinski definition) is 2. The number of aromatic nitrogens is 1. The molecule has 8 heteroatoms. The summed E-state index contributed by atoms with van der Waals surface area (Å²) in [5.74, 6) is -1.57. The monoisotopic (exact) mass is 453 g/mol. The van der Waals surface area contributed by atoms with E-state index in [-0.39, 0.29) is 29.0 Å². The van der Waals surface area contributed by atoms with Gasteiger partial charge in [-0.15, -0.1) is 0 Å². The van der Waals surface area contributed by atoms with Gasteiger partial charge in [-0.05, 0) is 48.0 Å². The Labute approximate surface area is 175 Å². The average Bonchev–Trinajstić information content (AvgIpc) is 2.74. The molecule has 0 bridgehead atoms. The number of hydroxylamine groups is 1. The first kappa shape index (κ1) is 20.2. The highest BCUT2D eigenvalue weighted by atomic mass is 79.9. The number of nitrogen functional groups attached to an aromatic ring is 1. The number of benzene rings is 2. The van der Waals surface area contributed by atoms with Crippen molar-refractivity contribution in [3.8, 4) is 0 Å². The summed E-state index contributed by atoms with van der Waals surface area (Å²) in [5, 5.41) is 0. The van der Waals surface area contributed by atoms with Gasteiger partial charge in [0.2, 0.25) is 0 Å². The van der Waals surface area contributed by atoms with Crippen LogP contribution >= 0.6 is 15.9 Å². The maximum Gasteiger partial charge on any atom is 0.336 e. The molecule has 0 aliphatic heterocycles. The molecule has 0 aliphatic rings. The van der Waals surface area contributed by atoms with Crippen molar-refractivity contribution in [3.63, 3.8) is 0 Å². The fourth-order valence-corrected chi connectivity index (χ4v) is 2.84. The first-order valence-electron chi connectivity index (χ1n) is 8.53. The van der Waals surface area contributed by atoms with Crippen LogP contribution in [0, 0.1) is 0 Å². The average molecular weight is 454 g/mol. The van der Waals surface area contributed by atoms with E-state index in [0.29, 0.717) is 11.1 Å². The van der Waals surface area contributed by atoms with E-state index in [1.807, 2.05) is 0 Å². The normalized spacial score (nSPS) is 10.2. The lowest BCUT2D eigenvalue weighted by Gasteiger charge is -2.11. The van der Waals surface area contributed by atoms with E-state index in [2.05, 4.69) is 26.4 Å². The van der Waals surface area contributed by atoms with Crippen LogP contribution in [0.3, 0.4) is 0 Å². The number of amides is 1. The zero-order chi connectivity index (χ0) is 20.8.